The highest BCUT2D eigenvalue weighted by Crippen LogP contribution is 2.34. The molecule has 2 aliphatic rings. The molecule has 1 unspecified atom stereocenters. The second kappa shape index (κ2) is 5.63. The van der Waals surface area contributed by atoms with Gasteiger partial charge in [-0.1, -0.05) is 6.92 Å². The minimum atomic E-state index is -0.310. The molecule has 2 fully saturated rings. The van der Waals surface area contributed by atoms with Crippen LogP contribution in [0.5, 0.6) is 0 Å². The maximum Gasteiger partial charge on any atom is 0.241 e. The molecular formula is C12H20ClNOS. The van der Waals surface area contributed by atoms with E-state index in [1.165, 1.54) is 24.3 Å². The Morgan fingerprint density at radius 3 is 2.38 bits per heavy atom. The number of amides is 1. The van der Waals surface area contributed by atoms with Gasteiger partial charge in [-0.2, -0.15) is 11.8 Å². The average Bonchev–Trinajstić information content (AvgIpc) is 3.14. The Morgan fingerprint density at radius 1 is 1.31 bits per heavy atom. The summed E-state index contributed by atoms with van der Waals surface area (Å²) in [7, 11) is 0. The molecule has 0 N–H and O–H groups in total. The monoisotopic (exact) mass is 261 g/mol. The Balaban J connectivity index is 2.00. The Labute approximate surface area is 107 Å². The second-order valence-corrected chi connectivity index (χ2v) is 6.45. The van der Waals surface area contributed by atoms with Crippen LogP contribution in [0.2, 0.25) is 0 Å². The summed E-state index contributed by atoms with van der Waals surface area (Å²) >= 11 is 8.11. The van der Waals surface area contributed by atoms with Crippen LogP contribution in [-0.4, -0.2) is 39.8 Å². The van der Waals surface area contributed by atoms with Crippen LogP contribution in [0.15, 0.2) is 0 Å². The van der Waals surface area contributed by atoms with Crippen molar-refractivity contribution in [2.75, 3.05) is 11.5 Å². The third-order valence-corrected chi connectivity index (χ3v) is 4.95. The van der Waals surface area contributed by atoms with E-state index in [1.54, 1.807) is 0 Å². The third-order valence-electron chi connectivity index (χ3n) is 3.41. The number of hydrogen-bond donors (Lipinski definition) is 0. The summed E-state index contributed by atoms with van der Waals surface area (Å²) in [5, 5.41) is -0.310. The molecule has 1 aliphatic carbocycles. The molecule has 1 heterocycles. The number of carbonyl (C=O) groups is 1. The van der Waals surface area contributed by atoms with Gasteiger partial charge in [0, 0.05) is 12.1 Å². The molecule has 1 amide bonds. The molecule has 0 radical (unpaired) electrons. The van der Waals surface area contributed by atoms with Crippen LogP contribution in [-0.2, 0) is 4.79 Å². The molecule has 0 aromatic heterocycles. The van der Waals surface area contributed by atoms with Crippen LogP contribution in [0.25, 0.3) is 0 Å². The average molecular weight is 262 g/mol. The largest absolute Gasteiger partial charge is 0.335 e. The number of carbonyl (C=O) groups excluding carboxylic acids is 1. The quantitative estimate of drug-likeness (QED) is 0.726. The minimum absolute atomic E-state index is 0.184. The molecule has 4 heteroatoms. The van der Waals surface area contributed by atoms with Gasteiger partial charge in [-0.15, -0.1) is 11.6 Å². The van der Waals surface area contributed by atoms with Gasteiger partial charge < -0.3 is 4.90 Å². The summed E-state index contributed by atoms with van der Waals surface area (Å²) in [6.45, 7) is 1.98. The van der Waals surface area contributed by atoms with E-state index in [0.29, 0.717) is 12.1 Å². The van der Waals surface area contributed by atoms with Crippen molar-refractivity contribution in [1.82, 2.24) is 4.90 Å². The van der Waals surface area contributed by atoms with Crippen molar-refractivity contribution in [3.63, 3.8) is 0 Å². The van der Waals surface area contributed by atoms with E-state index in [1.807, 2.05) is 18.7 Å². The molecule has 0 spiro atoms. The van der Waals surface area contributed by atoms with Crippen molar-refractivity contribution in [3.05, 3.63) is 0 Å². The van der Waals surface area contributed by atoms with Crippen molar-refractivity contribution in [1.29, 1.82) is 0 Å². The highest BCUT2D eigenvalue weighted by atomic mass is 35.5. The van der Waals surface area contributed by atoms with Gasteiger partial charge in [0.15, 0.2) is 0 Å². The van der Waals surface area contributed by atoms with Crippen molar-refractivity contribution in [3.8, 4) is 0 Å². The van der Waals surface area contributed by atoms with Gasteiger partial charge >= 0.3 is 0 Å². The molecule has 1 aliphatic heterocycles. The topological polar surface area (TPSA) is 20.3 Å². The fraction of sp³-hybridized carbons (Fsp3) is 0.917. The number of hydrogen-bond acceptors (Lipinski definition) is 2. The minimum Gasteiger partial charge on any atom is -0.335 e. The molecule has 16 heavy (non-hydrogen) atoms. The highest BCUT2D eigenvalue weighted by molar-refractivity contribution is 7.99. The van der Waals surface area contributed by atoms with E-state index >= 15 is 0 Å². The summed E-state index contributed by atoms with van der Waals surface area (Å²) in [6, 6.07) is 0.974. The number of halogens is 1. The number of rotatable bonds is 4. The van der Waals surface area contributed by atoms with E-state index < -0.39 is 0 Å². The second-order valence-electron chi connectivity index (χ2n) is 4.70. The van der Waals surface area contributed by atoms with Crippen LogP contribution < -0.4 is 0 Å². The predicted molar refractivity (Wildman–Crippen MR) is 70.1 cm³/mol. The van der Waals surface area contributed by atoms with Crippen LogP contribution >= 0.6 is 23.4 Å². The predicted octanol–water partition coefficient (Wildman–Crippen LogP) is 2.89. The fourth-order valence-electron chi connectivity index (χ4n) is 2.31. The van der Waals surface area contributed by atoms with E-state index in [-0.39, 0.29) is 11.3 Å². The van der Waals surface area contributed by atoms with Gasteiger partial charge in [-0.25, -0.2) is 0 Å². The summed E-state index contributed by atoms with van der Waals surface area (Å²) < 4.78 is 0. The first-order valence-electron chi connectivity index (χ1n) is 6.28. The summed E-state index contributed by atoms with van der Waals surface area (Å²) in [5.41, 5.74) is 0. The molecule has 0 bridgehead atoms. The molecule has 0 aromatic carbocycles. The van der Waals surface area contributed by atoms with Crippen LogP contribution in [0.4, 0.5) is 0 Å². The van der Waals surface area contributed by atoms with Crippen molar-refractivity contribution in [2.45, 2.75) is 56.5 Å². The van der Waals surface area contributed by atoms with Gasteiger partial charge in [0.25, 0.3) is 0 Å². The summed E-state index contributed by atoms with van der Waals surface area (Å²) in [5.74, 6) is 2.57. The lowest BCUT2D eigenvalue weighted by Gasteiger charge is -2.35. The van der Waals surface area contributed by atoms with E-state index in [0.717, 1.165) is 19.3 Å². The molecule has 1 saturated heterocycles. The van der Waals surface area contributed by atoms with Gasteiger partial charge in [-0.05, 0) is 43.6 Å². The van der Waals surface area contributed by atoms with Gasteiger partial charge in [0.2, 0.25) is 5.91 Å². The Kier molecular flexibility index (Phi) is 4.42. The lowest BCUT2D eigenvalue weighted by Crippen LogP contribution is -2.47. The summed E-state index contributed by atoms with van der Waals surface area (Å²) in [6.07, 6.45) is 5.41. The normalized spacial score (nSPS) is 24.1. The highest BCUT2D eigenvalue weighted by Gasteiger charge is 2.39. The zero-order chi connectivity index (χ0) is 11.5. The maximum atomic E-state index is 12.2. The summed E-state index contributed by atoms with van der Waals surface area (Å²) in [4.78, 5) is 14.4. The van der Waals surface area contributed by atoms with Crippen molar-refractivity contribution < 1.29 is 4.79 Å². The van der Waals surface area contributed by atoms with Crippen molar-refractivity contribution in [2.24, 2.45) is 0 Å². The van der Waals surface area contributed by atoms with E-state index in [4.69, 9.17) is 11.6 Å². The first-order chi connectivity index (χ1) is 7.74. The Hall–Kier alpha value is 0.110. The van der Waals surface area contributed by atoms with Gasteiger partial charge in [0.05, 0.1) is 0 Å². The maximum absolute atomic E-state index is 12.2. The molecular weight excluding hydrogens is 242 g/mol. The van der Waals surface area contributed by atoms with Crippen molar-refractivity contribution >= 4 is 29.3 Å². The molecule has 1 atom stereocenters. The Morgan fingerprint density at radius 2 is 1.88 bits per heavy atom. The zero-order valence-corrected chi connectivity index (χ0v) is 11.4. The van der Waals surface area contributed by atoms with E-state index in [9.17, 15) is 4.79 Å². The van der Waals surface area contributed by atoms with Gasteiger partial charge in [-0.3, -0.25) is 4.79 Å². The lowest BCUT2D eigenvalue weighted by molar-refractivity contribution is -0.134. The fourth-order valence-corrected chi connectivity index (χ4v) is 3.50. The number of nitrogens with zero attached hydrogens (tertiary/aromatic N) is 1. The molecule has 92 valence electrons. The van der Waals surface area contributed by atoms with E-state index in [2.05, 4.69) is 4.90 Å². The standard InChI is InChI=1S/C12H20ClNOS/c1-2-11(13)12(15)14(9-3-4-9)10-5-7-16-8-6-10/h9-11H,2-8H2,1H3. The lowest BCUT2D eigenvalue weighted by atomic mass is 10.1. The first-order valence-corrected chi connectivity index (χ1v) is 7.87. The molecule has 1 saturated carbocycles. The van der Waals surface area contributed by atoms with Crippen LogP contribution in [0.3, 0.4) is 0 Å². The molecule has 2 nitrogen and oxygen atoms in total. The first kappa shape index (κ1) is 12.6. The Bertz CT molecular complexity index is 251. The number of alkyl halides is 1. The molecule has 0 aromatic rings. The molecule has 2 rings (SSSR count). The number of thioether (sulfide) groups is 1. The SMILES string of the molecule is CCC(Cl)C(=O)N(C1CCSCC1)C1CC1. The van der Waals surface area contributed by atoms with Gasteiger partial charge in [0.1, 0.15) is 5.38 Å². The third kappa shape index (κ3) is 2.86. The zero-order valence-electron chi connectivity index (χ0n) is 9.82. The van der Waals surface area contributed by atoms with Crippen LogP contribution in [0.1, 0.15) is 39.0 Å². The smallest absolute Gasteiger partial charge is 0.241 e. The van der Waals surface area contributed by atoms with Crippen LogP contribution in [0, 0.1) is 0 Å².